The lowest BCUT2D eigenvalue weighted by atomic mass is 9.81. The van der Waals surface area contributed by atoms with Crippen molar-refractivity contribution in [1.82, 2.24) is 5.32 Å². The van der Waals surface area contributed by atoms with Crippen molar-refractivity contribution in [3.8, 4) is 5.75 Å². The fourth-order valence-corrected chi connectivity index (χ4v) is 2.51. The molecule has 1 N–H and O–H groups in total. The van der Waals surface area contributed by atoms with Crippen molar-refractivity contribution in [2.75, 3.05) is 6.61 Å². The van der Waals surface area contributed by atoms with E-state index in [2.05, 4.69) is 43.4 Å². The van der Waals surface area contributed by atoms with Crippen LogP contribution in [0.1, 0.15) is 45.2 Å². The van der Waals surface area contributed by atoms with Crippen molar-refractivity contribution in [3.05, 3.63) is 29.8 Å². The molecule has 0 aromatic heterocycles. The molecule has 1 aromatic rings. The fraction of sp³-hybridized carbons (Fsp3) is 0.600. The zero-order valence-corrected chi connectivity index (χ0v) is 11.1. The smallest absolute Gasteiger partial charge is 0.119 e. The molecule has 2 rings (SSSR count). The van der Waals surface area contributed by atoms with Crippen LogP contribution >= 0.6 is 0 Å². The molecular formula is C15H23NO. The zero-order chi connectivity index (χ0) is 12.3. The van der Waals surface area contributed by atoms with Crippen molar-refractivity contribution in [3.63, 3.8) is 0 Å². The van der Waals surface area contributed by atoms with E-state index >= 15 is 0 Å². The van der Waals surface area contributed by atoms with Gasteiger partial charge >= 0.3 is 0 Å². The van der Waals surface area contributed by atoms with E-state index in [1.54, 1.807) is 0 Å². The summed E-state index contributed by atoms with van der Waals surface area (Å²) in [5.74, 6) is 1.86. The maximum absolute atomic E-state index is 5.45. The van der Waals surface area contributed by atoms with E-state index in [1.165, 1.54) is 18.4 Å². The highest BCUT2D eigenvalue weighted by molar-refractivity contribution is 5.29. The Kier molecular flexibility index (Phi) is 4.06. The van der Waals surface area contributed by atoms with Crippen LogP contribution in [0, 0.1) is 5.92 Å². The number of nitrogens with one attached hydrogen (secondary N) is 1. The molecule has 0 amide bonds. The Labute approximate surface area is 104 Å². The minimum absolute atomic E-state index is 0.433. The zero-order valence-electron chi connectivity index (χ0n) is 11.1. The molecule has 2 heteroatoms. The highest BCUT2D eigenvalue weighted by Crippen LogP contribution is 2.29. The predicted molar refractivity (Wildman–Crippen MR) is 71.3 cm³/mol. The molecule has 1 fully saturated rings. The van der Waals surface area contributed by atoms with Gasteiger partial charge in [0.25, 0.3) is 0 Å². The Hall–Kier alpha value is -1.02. The third kappa shape index (κ3) is 3.22. The Morgan fingerprint density at radius 2 is 1.94 bits per heavy atom. The second-order valence-corrected chi connectivity index (χ2v) is 5.16. The van der Waals surface area contributed by atoms with E-state index in [4.69, 9.17) is 4.74 Å². The summed E-state index contributed by atoms with van der Waals surface area (Å²) < 4.78 is 5.45. The Morgan fingerprint density at radius 3 is 2.47 bits per heavy atom. The van der Waals surface area contributed by atoms with Gasteiger partial charge < -0.3 is 10.1 Å². The van der Waals surface area contributed by atoms with Gasteiger partial charge in [-0.05, 0) is 50.3 Å². The number of hydrogen-bond donors (Lipinski definition) is 1. The molecule has 0 heterocycles. The highest BCUT2D eigenvalue weighted by atomic mass is 16.5. The minimum Gasteiger partial charge on any atom is -0.494 e. The predicted octanol–water partition coefficient (Wildman–Crippen LogP) is 3.53. The molecule has 1 unspecified atom stereocenters. The lowest BCUT2D eigenvalue weighted by Crippen LogP contribution is -2.41. The molecule has 0 bridgehead atoms. The summed E-state index contributed by atoms with van der Waals surface area (Å²) in [4.78, 5) is 0. The molecule has 1 atom stereocenters. The van der Waals surface area contributed by atoms with Gasteiger partial charge in [0.1, 0.15) is 5.75 Å². The van der Waals surface area contributed by atoms with Gasteiger partial charge in [-0.2, -0.15) is 0 Å². The molecule has 1 aliphatic carbocycles. The van der Waals surface area contributed by atoms with E-state index in [9.17, 15) is 0 Å². The molecule has 1 saturated carbocycles. The minimum atomic E-state index is 0.433. The second-order valence-electron chi connectivity index (χ2n) is 5.16. The molecule has 0 radical (unpaired) electrons. The third-order valence-electron chi connectivity index (χ3n) is 3.55. The maximum atomic E-state index is 5.45. The summed E-state index contributed by atoms with van der Waals surface area (Å²) in [6.07, 6.45) is 2.64. The Morgan fingerprint density at radius 1 is 1.29 bits per heavy atom. The van der Waals surface area contributed by atoms with Crippen LogP contribution in [0.3, 0.4) is 0 Å². The molecule has 94 valence electrons. The van der Waals surface area contributed by atoms with Crippen molar-refractivity contribution >= 4 is 0 Å². The summed E-state index contributed by atoms with van der Waals surface area (Å²) in [5.41, 5.74) is 1.34. The average Bonchev–Trinajstić information content (AvgIpc) is 2.28. The molecular weight excluding hydrogens is 210 g/mol. The van der Waals surface area contributed by atoms with Crippen molar-refractivity contribution < 1.29 is 4.74 Å². The molecule has 0 aliphatic heterocycles. The van der Waals surface area contributed by atoms with E-state index < -0.39 is 0 Å². The lowest BCUT2D eigenvalue weighted by Gasteiger charge is -2.35. The largest absolute Gasteiger partial charge is 0.494 e. The topological polar surface area (TPSA) is 21.3 Å². The van der Waals surface area contributed by atoms with Crippen LogP contribution in [0.15, 0.2) is 24.3 Å². The van der Waals surface area contributed by atoms with Crippen LogP contribution < -0.4 is 10.1 Å². The summed E-state index contributed by atoms with van der Waals surface area (Å²) in [6, 6.07) is 9.57. The van der Waals surface area contributed by atoms with Crippen LogP contribution in [0.25, 0.3) is 0 Å². The van der Waals surface area contributed by atoms with Crippen LogP contribution in [0.5, 0.6) is 5.75 Å². The number of benzene rings is 1. The van der Waals surface area contributed by atoms with Crippen molar-refractivity contribution in [2.24, 2.45) is 5.92 Å². The van der Waals surface area contributed by atoms with Gasteiger partial charge in [0.05, 0.1) is 6.61 Å². The van der Waals surface area contributed by atoms with Gasteiger partial charge in [-0.3, -0.25) is 0 Å². The molecule has 0 saturated heterocycles. The summed E-state index contributed by atoms with van der Waals surface area (Å²) >= 11 is 0. The van der Waals surface area contributed by atoms with Crippen LogP contribution in [-0.4, -0.2) is 12.6 Å². The van der Waals surface area contributed by atoms with Gasteiger partial charge in [-0.15, -0.1) is 0 Å². The summed E-state index contributed by atoms with van der Waals surface area (Å²) in [5, 5.41) is 3.67. The first kappa shape index (κ1) is 12.4. The van der Waals surface area contributed by atoms with E-state index in [0.717, 1.165) is 18.3 Å². The quantitative estimate of drug-likeness (QED) is 0.840. The van der Waals surface area contributed by atoms with Crippen molar-refractivity contribution in [2.45, 2.75) is 45.7 Å². The van der Waals surface area contributed by atoms with Crippen LogP contribution in [-0.2, 0) is 0 Å². The van der Waals surface area contributed by atoms with E-state index in [0.29, 0.717) is 12.1 Å². The first-order valence-corrected chi connectivity index (χ1v) is 6.67. The first-order chi connectivity index (χ1) is 8.19. The summed E-state index contributed by atoms with van der Waals surface area (Å²) in [7, 11) is 0. The summed E-state index contributed by atoms with van der Waals surface area (Å²) in [6.45, 7) is 7.29. The van der Waals surface area contributed by atoms with Gasteiger partial charge in [-0.25, -0.2) is 0 Å². The SMILES string of the molecule is CCOc1ccc(C(C)NC2CC(C)C2)cc1. The highest BCUT2D eigenvalue weighted by Gasteiger charge is 2.26. The molecule has 1 aliphatic rings. The Balaban J connectivity index is 1.87. The van der Waals surface area contributed by atoms with E-state index in [1.807, 2.05) is 6.92 Å². The number of rotatable bonds is 5. The third-order valence-corrected chi connectivity index (χ3v) is 3.55. The molecule has 0 spiro atoms. The van der Waals surface area contributed by atoms with Gasteiger partial charge in [-0.1, -0.05) is 19.1 Å². The number of ether oxygens (including phenoxy) is 1. The standard InChI is InChI=1S/C15H23NO/c1-4-17-15-7-5-13(6-8-15)12(3)16-14-9-11(2)10-14/h5-8,11-12,14,16H,4,9-10H2,1-3H3. The van der Waals surface area contributed by atoms with Crippen molar-refractivity contribution in [1.29, 1.82) is 0 Å². The molecule has 1 aromatic carbocycles. The Bertz CT molecular complexity index is 340. The van der Waals surface area contributed by atoms with Crippen LogP contribution in [0.2, 0.25) is 0 Å². The first-order valence-electron chi connectivity index (χ1n) is 6.67. The molecule has 2 nitrogen and oxygen atoms in total. The van der Waals surface area contributed by atoms with Gasteiger partial charge in [0.2, 0.25) is 0 Å². The average molecular weight is 233 g/mol. The fourth-order valence-electron chi connectivity index (χ4n) is 2.51. The number of hydrogen-bond acceptors (Lipinski definition) is 2. The van der Waals surface area contributed by atoms with Gasteiger partial charge in [0.15, 0.2) is 0 Å². The lowest BCUT2D eigenvalue weighted by molar-refractivity contribution is 0.226. The van der Waals surface area contributed by atoms with E-state index in [-0.39, 0.29) is 0 Å². The second kappa shape index (κ2) is 5.54. The normalized spacial score (nSPS) is 25.1. The monoisotopic (exact) mass is 233 g/mol. The van der Waals surface area contributed by atoms with Crippen LogP contribution in [0.4, 0.5) is 0 Å². The molecule has 17 heavy (non-hydrogen) atoms. The van der Waals surface area contributed by atoms with Gasteiger partial charge in [0, 0.05) is 12.1 Å². The maximum Gasteiger partial charge on any atom is 0.119 e.